The number of carbonyl (C=O) groups excluding carboxylic acids is 1. The van der Waals surface area contributed by atoms with Gasteiger partial charge in [0, 0.05) is 11.6 Å². The fraction of sp³-hybridized carbons (Fsp3) is 0.222. The average Bonchev–Trinajstić information content (AvgIpc) is 3.00. The van der Waals surface area contributed by atoms with Crippen LogP contribution in [-0.4, -0.2) is 15.5 Å². The molecule has 1 aromatic heterocycles. The highest BCUT2D eigenvalue weighted by Crippen LogP contribution is 2.33. The van der Waals surface area contributed by atoms with E-state index in [1.54, 1.807) is 36.4 Å². The van der Waals surface area contributed by atoms with Crippen LogP contribution in [0.25, 0.3) is 11.0 Å². The molecule has 0 aliphatic rings. The van der Waals surface area contributed by atoms with Gasteiger partial charge >= 0.3 is 6.18 Å². The number of rotatable bonds is 4. The first-order chi connectivity index (χ1) is 12.3. The Labute approximate surface area is 152 Å². The molecule has 1 heterocycles. The molecule has 0 fully saturated rings. The Morgan fingerprint density at radius 1 is 1.19 bits per heavy atom. The van der Waals surface area contributed by atoms with Gasteiger partial charge in [0.2, 0.25) is 11.7 Å². The van der Waals surface area contributed by atoms with Gasteiger partial charge < -0.3 is 9.88 Å². The maximum absolute atomic E-state index is 13.4. The summed E-state index contributed by atoms with van der Waals surface area (Å²) in [7, 11) is 0. The monoisotopic (exact) mass is 381 g/mol. The number of hydrogen-bond acceptors (Lipinski definition) is 2. The Bertz CT molecular complexity index is 935. The molecule has 0 radical (unpaired) electrons. The van der Waals surface area contributed by atoms with E-state index in [4.69, 9.17) is 11.6 Å². The quantitative estimate of drug-likeness (QED) is 0.718. The van der Waals surface area contributed by atoms with Gasteiger partial charge in [0.05, 0.1) is 11.0 Å². The van der Waals surface area contributed by atoms with Crippen LogP contribution in [-0.2, 0) is 17.5 Å². The first-order valence-electron chi connectivity index (χ1n) is 7.83. The van der Waals surface area contributed by atoms with Crippen molar-refractivity contribution in [2.75, 3.05) is 0 Å². The molecule has 0 unspecified atom stereocenters. The Kier molecular flexibility index (Phi) is 4.91. The molecule has 0 aliphatic heterocycles. The van der Waals surface area contributed by atoms with E-state index in [1.165, 1.54) is 19.1 Å². The van der Waals surface area contributed by atoms with Crippen LogP contribution in [0.4, 0.5) is 13.2 Å². The van der Waals surface area contributed by atoms with Gasteiger partial charge in [-0.05, 0) is 36.8 Å². The third-order valence-electron chi connectivity index (χ3n) is 4.00. The van der Waals surface area contributed by atoms with Crippen molar-refractivity contribution in [3.05, 3.63) is 64.9 Å². The number of aromatic nitrogens is 2. The largest absolute Gasteiger partial charge is 0.449 e. The number of hydrogen-bond donors (Lipinski definition) is 1. The van der Waals surface area contributed by atoms with Gasteiger partial charge in [0.1, 0.15) is 6.04 Å². The second kappa shape index (κ2) is 6.99. The van der Waals surface area contributed by atoms with Crippen molar-refractivity contribution in [3.63, 3.8) is 0 Å². The highest BCUT2D eigenvalue weighted by Gasteiger charge is 2.39. The Morgan fingerprint density at radius 3 is 2.50 bits per heavy atom. The van der Waals surface area contributed by atoms with Crippen molar-refractivity contribution in [1.29, 1.82) is 0 Å². The number of alkyl halides is 3. The van der Waals surface area contributed by atoms with Gasteiger partial charge in [-0.2, -0.15) is 13.2 Å². The molecule has 2 aromatic carbocycles. The molecule has 1 N–H and O–H groups in total. The van der Waals surface area contributed by atoms with Crippen molar-refractivity contribution in [1.82, 2.24) is 14.9 Å². The summed E-state index contributed by atoms with van der Waals surface area (Å²) >= 11 is 5.80. The average molecular weight is 382 g/mol. The van der Waals surface area contributed by atoms with Gasteiger partial charge in [-0.15, -0.1) is 0 Å². The van der Waals surface area contributed by atoms with E-state index >= 15 is 0 Å². The number of nitrogens with one attached hydrogen (secondary N) is 1. The Morgan fingerprint density at radius 2 is 1.85 bits per heavy atom. The molecule has 26 heavy (non-hydrogen) atoms. The van der Waals surface area contributed by atoms with Gasteiger partial charge in [-0.3, -0.25) is 4.79 Å². The molecule has 1 atom stereocenters. The predicted octanol–water partition coefficient (Wildman–Crippen LogP) is 4.59. The number of para-hydroxylation sites is 2. The molecular formula is C18H15ClF3N3O. The minimum atomic E-state index is -4.66. The minimum absolute atomic E-state index is 0.189. The number of imidazole rings is 1. The third kappa shape index (κ3) is 3.67. The fourth-order valence-electron chi connectivity index (χ4n) is 2.69. The zero-order valence-electron chi connectivity index (χ0n) is 13.7. The number of benzene rings is 2. The lowest BCUT2D eigenvalue weighted by Crippen LogP contribution is -2.32. The number of carbonyl (C=O) groups is 1. The minimum Gasteiger partial charge on any atom is -0.350 e. The zero-order chi connectivity index (χ0) is 18.9. The van der Waals surface area contributed by atoms with Crippen molar-refractivity contribution in [2.45, 2.75) is 25.7 Å². The van der Waals surface area contributed by atoms with E-state index in [2.05, 4.69) is 10.3 Å². The molecule has 0 bridgehead atoms. The second-order valence-corrected chi connectivity index (χ2v) is 6.25. The molecule has 0 aliphatic carbocycles. The standard InChI is InChI=1S/C18H15ClF3N3O/c1-11(16(26)23-10-12-6-8-13(19)9-7-12)25-15-5-3-2-4-14(15)24-17(25)18(20,21)22/h2-9,11H,10H2,1H3,(H,23,26)/t11-/m1/s1. The summed E-state index contributed by atoms with van der Waals surface area (Å²) in [6.07, 6.45) is -4.66. The fourth-order valence-corrected chi connectivity index (χ4v) is 2.82. The summed E-state index contributed by atoms with van der Waals surface area (Å²) in [5.41, 5.74) is 1.24. The van der Waals surface area contributed by atoms with Crippen molar-refractivity contribution < 1.29 is 18.0 Å². The van der Waals surface area contributed by atoms with Crippen LogP contribution in [0.2, 0.25) is 5.02 Å². The normalized spacial score (nSPS) is 13.0. The van der Waals surface area contributed by atoms with E-state index in [0.717, 1.165) is 10.1 Å². The maximum Gasteiger partial charge on any atom is 0.449 e. The topological polar surface area (TPSA) is 46.9 Å². The molecule has 0 spiro atoms. The summed E-state index contributed by atoms with van der Waals surface area (Å²) in [6.45, 7) is 1.61. The third-order valence-corrected chi connectivity index (χ3v) is 4.25. The van der Waals surface area contributed by atoms with Crippen LogP contribution in [0.1, 0.15) is 24.4 Å². The molecule has 3 aromatic rings. The molecule has 4 nitrogen and oxygen atoms in total. The Hall–Kier alpha value is -2.54. The Balaban J connectivity index is 1.87. The lowest BCUT2D eigenvalue weighted by molar-refractivity contribution is -0.148. The van der Waals surface area contributed by atoms with Crippen LogP contribution in [0, 0.1) is 0 Å². The van der Waals surface area contributed by atoms with E-state index in [1.807, 2.05) is 0 Å². The lowest BCUT2D eigenvalue weighted by Gasteiger charge is -2.18. The molecule has 0 saturated carbocycles. The zero-order valence-corrected chi connectivity index (χ0v) is 14.5. The van der Waals surface area contributed by atoms with Crippen LogP contribution in [0.3, 0.4) is 0 Å². The van der Waals surface area contributed by atoms with Gasteiger partial charge in [0.15, 0.2) is 0 Å². The number of amides is 1. The van der Waals surface area contributed by atoms with Gasteiger partial charge in [-0.25, -0.2) is 4.98 Å². The van der Waals surface area contributed by atoms with Crippen LogP contribution < -0.4 is 5.32 Å². The van der Waals surface area contributed by atoms with Crippen LogP contribution in [0.15, 0.2) is 48.5 Å². The van der Waals surface area contributed by atoms with E-state index in [-0.39, 0.29) is 17.6 Å². The molecule has 3 rings (SSSR count). The first kappa shape index (κ1) is 18.3. The number of fused-ring (bicyclic) bond motifs is 1. The van der Waals surface area contributed by atoms with Crippen molar-refractivity contribution in [2.24, 2.45) is 0 Å². The molecular weight excluding hydrogens is 367 g/mol. The number of nitrogens with zero attached hydrogens (tertiary/aromatic N) is 2. The summed E-state index contributed by atoms with van der Waals surface area (Å²) in [5.74, 6) is -1.62. The number of halogens is 4. The van der Waals surface area contributed by atoms with Crippen LogP contribution >= 0.6 is 11.6 Å². The first-order valence-corrected chi connectivity index (χ1v) is 8.21. The van der Waals surface area contributed by atoms with Gasteiger partial charge in [-0.1, -0.05) is 35.9 Å². The summed E-state index contributed by atoms with van der Waals surface area (Å²) in [6, 6.07) is 12.0. The second-order valence-electron chi connectivity index (χ2n) is 5.81. The summed E-state index contributed by atoms with van der Waals surface area (Å²) in [5, 5.41) is 3.21. The maximum atomic E-state index is 13.4. The SMILES string of the molecule is C[C@H](C(=O)NCc1ccc(Cl)cc1)n1c(C(F)(F)F)nc2ccccc21. The highest BCUT2D eigenvalue weighted by molar-refractivity contribution is 6.30. The van der Waals surface area contributed by atoms with Crippen molar-refractivity contribution >= 4 is 28.5 Å². The smallest absolute Gasteiger partial charge is 0.350 e. The molecule has 0 saturated heterocycles. The van der Waals surface area contributed by atoms with E-state index < -0.39 is 23.9 Å². The molecule has 136 valence electrons. The molecule has 1 amide bonds. The lowest BCUT2D eigenvalue weighted by atomic mass is 10.2. The van der Waals surface area contributed by atoms with Crippen molar-refractivity contribution in [3.8, 4) is 0 Å². The van der Waals surface area contributed by atoms with Gasteiger partial charge in [0.25, 0.3) is 0 Å². The van der Waals surface area contributed by atoms with Crippen LogP contribution in [0.5, 0.6) is 0 Å². The van der Waals surface area contributed by atoms with E-state index in [9.17, 15) is 18.0 Å². The summed E-state index contributed by atoms with van der Waals surface area (Å²) < 4.78 is 41.0. The van der Waals surface area contributed by atoms with E-state index in [0.29, 0.717) is 5.02 Å². The highest BCUT2D eigenvalue weighted by atomic mass is 35.5. The summed E-state index contributed by atoms with van der Waals surface area (Å²) in [4.78, 5) is 16.1. The molecule has 8 heteroatoms. The predicted molar refractivity (Wildman–Crippen MR) is 92.7 cm³/mol.